The molecule has 9 aromatic rings. The molecule has 0 aliphatic rings. The highest BCUT2D eigenvalue weighted by atomic mass is 15.0. The van der Waals surface area contributed by atoms with Crippen molar-refractivity contribution in [3.05, 3.63) is 174 Å². The lowest BCUT2D eigenvalue weighted by Gasteiger charge is -2.16. The topological polar surface area (TPSA) is 61.8 Å². The van der Waals surface area contributed by atoms with Crippen LogP contribution in [0.5, 0.6) is 0 Å². The van der Waals surface area contributed by atoms with Gasteiger partial charge in [0.1, 0.15) is 6.07 Å². The van der Waals surface area contributed by atoms with E-state index in [2.05, 4.69) is 111 Å². The van der Waals surface area contributed by atoms with Gasteiger partial charge in [-0.2, -0.15) is 10.5 Å². The Morgan fingerprint density at radius 3 is 1.82 bits per heavy atom. The van der Waals surface area contributed by atoms with Gasteiger partial charge < -0.3 is 9.13 Å². The van der Waals surface area contributed by atoms with Gasteiger partial charge in [-0.1, -0.05) is 84.9 Å². The zero-order valence-electron chi connectivity index (χ0n) is 26.7. The van der Waals surface area contributed by atoms with Crippen LogP contribution < -0.4 is 0 Å². The predicted molar refractivity (Wildman–Crippen MR) is 202 cm³/mol. The normalized spacial score (nSPS) is 11.1. The first kappa shape index (κ1) is 28.8. The quantitative estimate of drug-likeness (QED) is 0.181. The van der Waals surface area contributed by atoms with Crippen molar-refractivity contribution in [2.45, 2.75) is 0 Å². The van der Waals surface area contributed by atoms with E-state index in [0.29, 0.717) is 16.8 Å². The van der Waals surface area contributed by atoms with E-state index in [4.69, 9.17) is 6.57 Å². The Kier molecular flexibility index (Phi) is 6.56. The van der Waals surface area contributed by atoms with E-state index in [1.54, 1.807) is 0 Å². The highest BCUT2D eigenvalue weighted by Crippen LogP contribution is 2.39. The summed E-state index contributed by atoms with van der Waals surface area (Å²) in [5.41, 5.74) is 11.8. The molecule has 0 aliphatic carbocycles. The van der Waals surface area contributed by atoms with E-state index >= 15 is 0 Å². The number of fused-ring (bicyclic) bond motifs is 6. The maximum atomic E-state index is 10.3. The summed E-state index contributed by atoms with van der Waals surface area (Å²) in [7, 11) is 0. The predicted octanol–water partition coefficient (Wildman–Crippen LogP) is 11.5. The van der Waals surface area contributed by atoms with E-state index in [-0.39, 0.29) is 0 Å². The number of hydrogen-bond acceptors (Lipinski definition) is 2. The molecule has 0 N–H and O–H groups in total. The number of hydrogen-bond donors (Lipinski definition) is 0. The molecule has 7 aromatic carbocycles. The third kappa shape index (κ3) is 4.38. The highest BCUT2D eigenvalue weighted by Gasteiger charge is 2.18. The van der Waals surface area contributed by atoms with Gasteiger partial charge in [0.25, 0.3) is 0 Å². The fourth-order valence-corrected chi connectivity index (χ4v) is 7.36. The zero-order valence-corrected chi connectivity index (χ0v) is 26.7. The molecule has 0 aliphatic heterocycles. The lowest BCUT2D eigenvalue weighted by Crippen LogP contribution is -1.99. The molecule has 0 saturated heterocycles. The van der Waals surface area contributed by atoms with Crippen molar-refractivity contribution in [3.63, 3.8) is 0 Å². The van der Waals surface area contributed by atoms with Gasteiger partial charge in [-0.15, -0.1) is 0 Å². The Morgan fingerprint density at radius 2 is 1.08 bits per heavy atom. The van der Waals surface area contributed by atoms with Crippen LogP contribution in [0.25, 0.3) is 82.1 Å². The maximum Gasteiger partial charge on any atom is 0.188 e. The van der Waals surface area contributed by atoms with E-state index in [1.807, 2.05) is 66.7 Å². The van der Waals surface area contributed by atoms with Gasteiger partial charge >= 0.3 is 0 Å². The Labute approximate surface area is 288 Å². The molecule has 0 fully saturated rings. The second-order valence-electron chi connectivity index (χ2n) is 12.3. The molecule has 5 heteroatoms. The van der Waals surface area contributed by atoms with Crippen molar-refractivity contribution in [2.75, 3.05) is 0 Å². The number of aromatic nitrogens is 2. The van der Waals surface area contributed by atoms with Crippen LogP contribution in [-0.2, 0) is 0 Å². The lowest BCUT2D eigenvalue weighted by molar-refractivity contribution is 1.17. The van der Waals surface area contributed by atoms with Crippen LogP contribution in [0, 0.1) is 29.2 Å². The molecule has 0 saturated carbocycles. The number of nitriles is 2. The summed E-state index contributed by atoms with van der Waals surface area (Å²) in [6, 6.07) is 55.7. The van der Waals surface area contributed by atoms with Crippen LogP contribution in [0.2, 0.25) is 0 Å². The van der Waals surface area contributed by atoms with Gasteiger partial charge in [-0.05, 0) is 88.8 Å². The molecule has 2 aromatic heterocycles. The Morgan fingerprint density at radius 1 is 0.460 bits per heavy atom. The Hall–Kier alpha value is -7.39. The molecule has 0 radical (unpaired) electrons. The molecular weight excluding hydrogens is 611 g/mol. The minimum Gasteiger partial charge on any atom is -0.309 e. The molecule has 0 bridgehead atoms. The molecule has 0 amide bonds. The molecule has 0 spiro atoms. The zero-order chi connectivity index (χ0) is 33.8. The highest BCUT2D eigenvalue weighted by molar-refractivity contribution is 6.11. The van der Waals surface area contributed by atoms with Crippen LogP contribution in [0.15, 0.2) is 152 Å². The molecular formula is C45H25N5. The van der Waals surface area contributed by atoms with Crippen LogP contribution in [0.3, 0.4) is 0 Å². The summed E-state index contributed by atoms with van der Waals surface area (Å²) in [6.45, 7) is 7.59. The van der Waals surface area contributed by atoms with Gasteiger partial charge in [0, 0.05) is 21.7 Å². The molecule has 50 heavy (non-hydrogen) atoms. The number of nitrogens with zero attached hydrogens (tertiary/aromatic N) is 5. The molecule has 2 heterocycles. The lowest BCUT2D eigenvalue weighted by atomic mass is 9.96. The van der Waals surface area contributed by atoms with Crippen LogP contribution >= 0.6 is 0 Å². The van der Waals surface area contributed by atoms with E-state index in [9.17, 15) is 10.5 Å². The first-order valence-electron chi connectivity index (χ1n) is 16.3. The minimum atomic E-state index is 0.565. The number of rotatable bonds is 4. The van der Waals surface area contributed by atoms with Crippen molar-refractivity contribution in [1.82, 2.24) is 9.13 Å². The SMILES string of the molecule is [C-]#[N+]c1ccc2c(c1)c1ccccc1n2-c1ccccc1-c1cccc(-c2ccc(C#N)c(-n3c4ccccc4c4cc(C#N)ccc43)c2)c1. The van der Waals surface area contributed by atoms with Crippen LogP contribution in [0.4, 0.5) is 5.69 Å². The van der Waals surface area contributed by atoms with Gasteiger partial charge in [-0.25, -0.2) is 4.85 Å². The molecule has 5 nitrogen and oxygen atoms in total. The van der Waals surface area contributed by atoms with Gasteiger partial charge in [0.15, 0.2) is 5.69 Å². The third-order valence-corrected chi connectivity index (χ3v) is 9.60. The second-order valence-corrected chi connectivity index (χ2v) is 12.3. The monoisotopic (exact) mass is 635 g/mol. The van der Waals surface area contributed by atoms with E-state index < -0.39 is 0 Å². The van der Waals surface area contributed by atoms with Crippen LogP contribution in [0.1, 0.15) is 11.1 Å². The van der Waals surface area contributed by atoms with Crippen molar-refractivity contribution in [2.24, 2.45) is 0 Å². The van der Waals surface area contributed by atoms with E-state index in [0.717, 1.165) is 77.2 Å². The number of benzene rings is 7. The summed E-state index contributed by atoms with van der Waals surface area (Å²) >= 11 is 0. The summed E-state index contributed by atoms with van der Waals surface area (Å²) in [5, 5.41) is 24.1. The standard InChI is InChI=1S/C45H25N5/c1-48-34-20-22-44-39(26-34)37-13-4-6-15-41(37)49(44)40-14-5-2-11-35(40)32-10-8-9-30(24-32)31-18-19-33(28-47)45(25-31)50-42-16-7-3-12-36(42)38-23-29(27-46)17-21-43(38)50/h2-26H. The van der Waals surface area contributed by atoms with Crippen molar-refractivity contribution >= 4 is 49.3 Å². The Balaban J connectivity index is 1.22. The first-order valence-corrected chi connectivity index (χ1v) is 16.3. The fourth-order valence-electron chi connectivity index (χ4n) is 7.36. The van der Waals surface area contributed by atoms with Crippen molar-refractivity contribution in [1.29, 1.82) is 10.5 Å². The summed E-state index contributed by atoms with van der Waals surface area (Å²) in [6.07, 6.45) is 0. The summed E-state index contributed by atoms with van der Waals surface area (Å²) < 4.78 is 4.43. The third-order valence-electron chi connectivity index (χ3n) is 9.60. The van der Waals surface area contributed by atoms with Crippen LogP contribution in [-0.4, -0.2) is 9.13 Å². The average molecular weight is 636 g/mol. The van der Waals surface area contributed by atoms with Gasteiger partial charge in [0.05, 0.1) is 57.2 Å². The maximum absolute atomic E-state index is 10.3. The summed E-state index contributed by atoms with van der Waals surface area (Å²) in [4.78, 5) is 3.69. The minimum absolute atomic E-state index is 0.565. The number of para-hydroxylation sites is 3. The smallest absolute Gasteiger partial charge is 0.188 e. The molecule has 0 unspecified atom stereocenters. The van der Waals surface area contributed by atoms with E-state index in [1.165, 1.54) is 0 Å². The van der Waals surface area contributed by atoms with Crippen molar-refractivity contribution < 1.29 is 0 Å². The van der Waals surface area contributed by atoms with Gasteiger partial charge in [-0.3, -0.25) is 0 Å². The van der Waals surface area contributed by atoms with Crippen molar-refractivity contribution in [3.8, 4) is 45.8 Å². The summed E-state index contributed by atoms with van der Waals surface area (Å²) in [5.74, 6) is 0. The Bertz CT molecular complexity index is 2970. The fraction of sp³-hybridized carbons (Fsp3) is 0. The average Bonchev–Trinajstić information content (AvgIpc) is 3.69. The molecule has 9 rings (SSSR count). The molecule has 230 valence electrons. The largest absolute Gasteiger partial charge is 0.309 e. The second kappa shape index (κ2) is 11.4. The van der Waals surface area contributed by atoms with Gasteiger partial charge in [0.2, 0.25) is 0 Å². The first-order chi connectivity index (χ1) is 24.7. The molecule has 0 atom stereocenters.